The van der Waals surface area contributed by atoms with E-state index in [1.807, 2.05) is 0 Å². The Kier molecular flexibility index (Phi) is 2.91. The lowest BCUT2D eigenvalue weighted by atomic mass is 10.1. The third-order valence-corrected chi connectivity index (χ3v) is 4.07. The van der Waals surface area contributed by atoms with E-state index in [1.54, 1.807) is 0 Å². The minimum atomic E-state index is -3.60. The number of carbonyl (C=O) groups excluding carboxylic acids is 1. The van der Waals surface area contributed by atoms with Crippen LogP contribution in [0.5, 0.6) is 0 Å². The normalized spacial score (nSPS) is 19.9. The van der Waals surface area contributed by atoms with Crippen molar-refractivity contribution < 1.29 is 13.2 Å². The third-order valence-electron chi connectivity index (χ3n) is 3.13. The predicted molar refractivity (Wildman–Crippen MR) is 70.1 cm³/mol. The molecular formula is C10H12N6O3S. The molecule has 0 aromatic carbocycles. The number of hydrogen-bond donors (Lipinski definition) is 2. The Morgan fingerprint density at radius 2 is 2.20 bits per heavy atom. The fourth-order valence-corrected chi connectivity index (χ4v) is 3.26. The summed E-state index contributed by atoms with van der Waals surface area (Å²) >= 11 is 0. The summed E-state index contributed by atoms with van der Waals surface area (Å²) in [6, 6.07) is 0. The van der Waals surface area contributed by atoms with Gasteiger partial charge in [0.2, 0.25) is 15.9 Å². The van der Waals surface area contributed by atoms with Crippen LogP contribution in [0.3, 0.4) is 0 Å². The molecule has 0 saturated carbocycles. The zero-order chi connectivity index (χ0) is 14.3. The molecule has 1 fully saturated rings. The van der Waals surface area contributed by atoms with E-state index in [2.05, 4.69) is 19.9 Å². The molecule has 1 atom stereocenters. The van der Waals surface area contributed by atoms with E-state index < -0.39 is 10.0 Å². The minimum Gasteiger partial charge on any atom is -0.340 e. The van der Waals surface area contributed by atoms with Gasteiger partial charge in [-0.3, -0.25) is 9.69 Å². The number of imidazole rings is 1. The van der Waals surface area contributed by atoms with Crippen molar-refractivity contribution >= 4 is 32.9 Å². The molecular weight excluding hydrogens is 284 g/mol. The second-order valence-electron chi connectivity index (χ2n) is 4.70. The molecule has 3 N–H and O–H groups in total. The summed E-state index contributed by atoms with van der Waals surface area (Å²) in [5.74, 6) is -0.319. The zero-order valence-corrected chi connectivity index (χ0v) is 11.2. The number of hydrogen-bond acceptors (Lipinski definition) is 6. The van der Waals surface area contributed by atoms with Crippen molar-refractivity contribution in [3.63, 3.8) is 0 Å². The molecule has 1 saturated heterocycles. The average molecular weight is 296 g/mol. The SMILES string of the molecule is NS(=O)(=O)CC1CC(=O)N(c2ncnc3nc[nH]c23)C1. The maximum atomic E-state index is 12.0. The van der Waals surface area contributed by atoms with E-state index in [0.717, 1.165) is 0 Å². The van der Waals surface area contributed by atoms with Gasteiger partial charge in [-0.1, -0.05) is 0 Å². The van der Waals surface area contributed by atoms with Crippen LogP contribution in [0.15, 0.2) is 12.7 Å². The number of amides is 1. The molecule has 20 heavy (non-hydrogen) atoms. The Morgan fingerprint density at radius 3 is 2.95 bits per heavy atom. The molecule has 0 bridgehead atoms. The monoisotopic (exact) mass is 296 g/mol. The molecule has 0 aliphatic carbocycles. The van der Waals surface area contributed by atoms with Crippen LogP contribution >= 0.6 is 0 Å². The van der Waals surface area contributed by atoms with E-state index in [0.29, 0.717) is 17.0 Å². The topological polar surface area (TPSA) is 135 Å². The molecule has 0 spiro atoms. The summed E-state index contributed by atoms with van der Waals surface area (Å²) in [7, 11) is -3.60. The number of aromatic amines is 1. The first-order chi connectivity index (χ1) is 9.44. The molecule has 1 amide bonds. The second kappa shape index (κ2) is 4.49. The number of nitrogens with one attached hydrogen (secondary N) is 1. The number of nitrogens with zero attached hydrogens (tertiary/aromatic N) is 4. The maximum Gasteiger partial charge on any atom is 0.228 e. The van der Waals surface area contributed by atoms with Gasteiger partial charge in [0, 0.05) is 18.9 Å². The van der Waals surface area contributed by atoms with Crippen molar-refractivity contribution in [2.24, 2.45) is 11.1 Å². The Hall–Kier alpha value is -2.07. The largest absolute Gasteiger partial charge is 0.340 e. The molecule has 3 rings (SSSR count). The van der Waals surface area contributed by atoms with Crippen molar-refractivity contribution in [1.82, 2.24) is 19.9 Å². The standard InChI is InChI=1S/C10H12N6O3S/c11-20(18,19)3-6-1-7(17)16(2-6)10-8-9(13-4-12-8)14-5-15-10/h4-6H,1-3H2,(H2,11,18,19)(H,12,13,14,15). The molecule has 106 valence electrons. The Morgan fingerprint density at radius 1 is 1.40 bits per heavy atom. The Bertz CT molecular complexity index is 770. The number of sulfonamides is 1. The van der Waals surface area contributed by atoms with Crippen molar-refractivity contribution in [3.8, 4) is 0 Å². The van der Waals surface area contributed by atoms with Crippen LogP contribution in [0.1, 0.15) is 6.42 Å². The molecule has 3 heterocycles. The van der Waals surface area contributed by atoms with Gasteiger partial charge in [0.15, 0.2) is 11.5 Å². The number of aromatic nitrogens is 4. The molecule has 1 aliphatic rings. The lowest BCUT2D eigenvalue weighted by Crippen LogP contribution is -2.28. The highest BCUT2D eigenvalue weighted by molar-refractivity contribution is 7.89. The van der Waals surface area contributed by atoms with Gasteiger partial charge in [-0.05, 0) is 0 Å². The van der Waals surface area contributed by atoms with Crippen LogP contribution in [0, 0.1) is 5.92 Å². The molecule has 10 heteroatoms. The van der Waals surface area contributed by atoms with Crippen molar-refractivity contribution in [2.45, 2.75) is 6.42 Å². The number of carbonyl (C=O) groups is 1. The molecule has 1 aliphatic heterocycles. The molecule has 0 radical (unpaired) electrons. The van der Waals surface area contributed by atoms with Gasteiger partial charge in [-0.25, -0.2) is 28.5 Å². The number of primary sulfonamides is 1. The molecule has 2 aromatic heterocycles. The zero-order valence-electron chi connectivity index (χ0n) is 10.4. The highest BCUT2D eigenvalue weighted by atomic mass is 32.2. The Labute approximate surface area is 114 Å². The maximum absolute atomic E-state index is 12.0. The van der Waals surface area contributed by atoms with Crippen LogP contribution < -0.4 is 10.0 Å². The average Bonchev–Trinajstić information content (AvgIpc) is 2.93. The quantitative estimate of drug-likeness (QED) is 0.745. The van der Waals surface area contributed by atoms with Crippen LogP contribution in [0.4, 0.5) is 5.82 Å². The van der Waals surface area contributed by atoms with E-state index >= 15 is 0 Å². The number of anilines is 1. The first-order valence-electron chi connectivity index (χ1n) is 5.89. The van der Waals surface area contributed by atoms with Crippen LogP contribution in [-0.2, 0) is 14.8 Å². The highest BCUT2D eigenvalue weighted by Gasteiger charge is 2.34. The summed E-state index contributed by atoms with van der Waals surface area (Å²) in [6.07, 6.45) is 2.92. The van der Waals surface area contributed by atoms with E-state index in [4.69, 9.17) is 5.14 Å². The van der Waals surface area contributed by atoms with Gasteiger partial charge in [-0.2, -0.15) is 0 Å². The number of rotatable bonds is 3. The van der Waals surface area contributed by atoms with Gasteiger partial charge in [0.05, 0.1) is 12.1 Å². The van der Waals surface area contributed by atoms with Crippen LogP contribution in [0.25, 0.3) is 11.2 Å². The first kappa shape index (κ1) is 12.9. The van der Waals surface area contributed by atoms with Gasteiger partial charge >= 0.3 is 0 Å². The van der Waals surface area contributed by atoms with Gasteiger partial charge in [0.25, 0.3) is 0 Å². The van der Waals surface area contributed by atoms with Crippen LogP contribution in [-0.4, -0.2) is 46.6 Å². The lowest BCUT2D eigenvalue weighted by Gasteiger charge is -2.15. The van der Waals surface area contributed by atoms with E-state index in [1.165, 1.54) is 17.6 Å². The molecule has 2 aromatic rings. The first-order valence-corrected chi connectivity index (χ1v) is 7.60. The second-order valence-corrected chi connectivity index (χ2v) is 6.36. The van der Waals surface area contributed by atoms with E-state index in [-0.39, 0.29) is 30.5 Å². The summed E-state index contributed by atoms with van der Waals surface area (Å²) in [5.41, 5.74) is 1.01. The minimum absolute atomic E-state index is 0.135. The van der Waals surface area contributed by atoms with Crippen molar-refractivity contribution in [1.29, 1.82) is 0 Å². The lowest BCUT2D eigenvalue weighted by molar-refractivity contribution is -0.117. The smallest absolute Gasteiger partial charge is 0.228 e. The fourth-order valence-electron chi connectivity index (χ4n) is 2.38. The number of fused-ring (bicyclic) bond motifs is 1. The van der Waals surface area contributed by atoms with Crippen molar-refractivity contribution in [2.75, 3.05) is 17.2 Å². The third kappa shape index (κ3) is 2.34. The number of H-pyrrole nitrogens is 1. The van der Waals surface area contributed by atoms with Gasteiger partial charge < -0.3 is 4.98 Å². The summed E-state index contributed by atoms with van der Waals surface area (Å²) < 4.78 is 22.2. The van der Waals surface area contributed by atoms with E-state index in [9.17, 15) is 13.2 Å². The fraction of sp³-hybridized carbons (Fsp3) is 0.400. The summed E-state index contributed by atoms with van der Waals surface area (Å²) in [6.45, 7) is 0.264. The predicted octanol–water partition coefficient (Wildman–Crippen LogP) is -1.01. The van der Waals surface area contributed by atoms with Gasteiger partial charge in [-0.15, -0.1) is 0 Å². The number of nitrogens with two attached hydrogens (primary N) is 1. The van der Waals surface area contributed by atoms with Gasteiger partial charge in [0.1, 0.15) is 11.8 Å². The van der Waals surface area contributed by atoms with Crippen molar-refractivity contribution in [3.05, 3.63) is 12.7 Å². The van der Waals surface area contributed by atoms with Crippen LogP contribution in [0.2, 0.25) is 0 Å². The summed E-state index contributed by atoms with van der Waals surface area (Å²) in [5, 5.41) is 5.02. The summed E-state index contributed by atoms with van der Waals surface area (Å²) in [4.78, 5) is 28.4. The molecule has 1 unspecified atom stereocenters. The Balaban J connectivity index is 1.91. The highest BCUT2D eigenvalue weighted by Crippen LogP contribution is 2.27. The molecule has 9 nitrogen and oxygen atoms in total.